The Morgan fingerprint density at radius 2 is 1.85 bits per heavy atom. The minimum atomic E-state index is -3.75. The predicted octanol–water partition coefficient (Wildman–Crippen LogP) is 1.14. The maximum Gasteiger partial charge on any atom is 0.312 e. The molecule has 0 bridgehead atoms. The van der Waals surface area contributed by atoms with E-state index in [0.29, 0.717) is 13.1 Å². The van der Waals surface area contributed by atoms with Crippen LogP contribution in [0.3, 0.4) is 0 Å². The Morgan fingerprint density at radius 1 is 1.25 bits per heavy atom. The summed E-state index contributed by atoms with van der Waals surface area (Å²) in [4.78, 5) is 13.5. The van der Waals surface area contributed by atoms with Gasteiger partial charge in [0.05, 0.1) is 4.92 Å². The predicted molar refractivity (Wildman–Crippen MR) is 72.5 cm³/mol. The van der Waals surface area contributed by atoms with E-state index in [4.69, 9.17) is 5.73 Å². The summed E-state index contributed by atoms with van der Waals surface area (Å²) in [5.41, 5.74) is 4.89. The normalized spacial score (nSPS) is 17.6. The number of aromatic nitrogens is 1. The summed E-state index contributed by atoms with van der Waals surface area (Å²) in [6.07, 6.45) is 4.65. The topological polar surface area (TPSA) is 119 Å². The lowest BCUT2D eigenvalue weighted by Gasteiger charge is -2.19. The maximum absolute atomic E-state index is 12.4. The van der Waals surface area contributed by atoms with E-state index in [1.54, 1.807) is 0 Å². The minimum absolute atomic E-state index is 0.180. The van der Waals surface area contributed by atoms with Crippen LogP contribution in [0.25, 0.3) is 0 Å². The van der Waals surface area contributed by atoms with Gasteiger partial charge >= 0.3 is 5.69 Å². The van der Waals surface area contributed by atoms with E-state index in [-0.39, 0.29) is 10.7 Å². The standard InChI is InChI=1S/C11H16N4O4S/c12-11-10(15(16)17)7-9(8-13-11)20(18,19)14-5-3-1-2-4-6-14/h7-8H,1-6H2,(H2,12,13). The first kappa shape index (κ1) is 14.7. The molecule has 1 aromatic heterocycles. The lowest BCUT2D eigenvalue weighted by Crippen LogP contribution is -2.32. The average molecular weight is 300 g/mol. The lowest BCUT2D eigenvalue weighted by atomic mass is 10.2. The molecule has 0 atom stereocenters. The summed E-state index contributed by atoms with van der Waals surface area (Å²) in [7, 11) is -3.75. The Kier molecular flexibility index (Phi) is 4.19. The van der Waals surface area contributed by atoms with Gasteiger partial charge in [0, 0.05) is 25.4 Å². The van der Waals surface area contributed by atoms with Gasteiger partial charge in [0.15, 0.2) is 0 Å². The number of nitrogens with two attached hydrogens (primary N) is 1. The molecule has 0 aromatic carbocycles. The molecule has 1 saturated heterocycles. The molecule has 1 fully saturated rings. The molecule has 0 aliphatic carbocycles. The first-order valence-corrected chi connectivity index (χ1v) is 7.77. The van der Waals surface area contributed by atoms with Crippen LogP contribution in [-0.4, -0.2) is 35.7 Å². The third-order valence-corrected chi connectivity index (χ3v) is 5.14. The lowest BCUT2D eigenvalue weighted by molar-refractivity contribution is -0.384. The van der Waals surface area contributed by atoms with Crippen molar-refractivity contribution in [1.82, 2.24) is 9.29 Å². The molecule has 2 N–H and O–H groups in total. The Labute approximate surface area is 116 Å². The number of nitrogens with zero attached hydrogens (tertiary/aromatic N) is 3. The molecule has 0 spiro atoms. The van der Waals surface area contributed by atoms with Gasteiger partial charge in [0.1, 0.15) is 4.90 Å². The highest BCUT2D eigenvalue weighted by Gasteiger charge is 2.28. The van der Waals surface area contributed by atoms with Crippen molar-refractivity contribution in [3.8, 4) is 0 Å². The third kappa shape index (κ3) is 2.88. The zero-order valence-electron chi connectivity index (χ0n) is 10.9. The zero-order valence-corrected chi connectivity index (χ0v) is 11.7. The highest BCUT2D eigenvalue weighted by Crippen LogP contribution is 2.25. The van der Waals surface area contributed by atoms with Crippen LogP contribution in [0.15, 0.2) is 17.2 Å². The molecule has 2 rings (SSSR count). The fourth-order valence-electron chi connectivity index (χ4n) is 2.16. The molecule has 2 heterocycles. The van der Waals surface area contributed by atoms with Gasteiger partial charge in [-0.2, -0.15) is 4.31 Å². The number of hydrogen-bond acceptors (Lipinski definition) is 6. The molecule has 1 aliphatic heterocycles. The summed E-state index contributed by atoms with van der Waals surface area (Å²) in [5, 5.41) is 10.8. The smallest absolute Gasteiger partial charge is 0.312 e. The van der Waals surface area contributed by atoms with Crippen LogP contribution < -0.4 is 5.73 Å². The molecule has 8 nitrogen and oxygen atoms in total. The monoisotopic (exact) mass is 300 g/mol. The molecule has 0 saturated carbocycles. The number of pyridine rings is 1. The Morgan fingerprint density at radius 3 is 2.40 bits per heavy atom. The van der Waals surface area contributed by atoms with Crippen LogP contribution in [0.5, 0.6) is 0 Å². The number of hydrogen-bond donors (Lipinski definition) is 1. The van der Waals surface area contributed by atoms with Crippen LogP contribution in [0.1, 0.15) is 25.7 Å². The van der Waals surface area contributed by atoms with Gasteiger partial charge in [-0.25, -0.2) is 13.4 Å². The molecule has 9 heteroatoms. The zero-order chi connectivity index (χ0) is 14.8. The van der Waals surface area contributed by atoms with Crippen LogP contribution in [-0.2, 0) is 10.0 Å². The van der Waals surface area contributed by atoms with E-state index < -0.39 is 20.6 Å². The second-order valence-corrected chi connectivity index (χ2v) is 6.59. The summed E-state index contributed by atoms with van der Waals surface area (Å²) in [6, 6.07) is 0.975. The molecule has 0 radical (unpaired) electrons. The molecule has 20 heavy (non-hydrogen) atoms. The SMILES string of the molecule is Nc1ncc(S(=O)(=O)N2CCCCCC2)cc1[N+](=O)[O-]. The minimum Gasteiger partial charge on any atom is -0.378 e. The Hall–Kier alpha value is -1.74. The van der Waals surface area contributed by atoms with E-state index >= 15 is 0 Å². The van der Waals surface area contributed by atoms with Crippen molar-refractivity contribution in [2.24, 2.45) is 0 Å². The highest BCUT2D eigenvalue weighted by atomic mass is 32.2. The van der Waals surface area contributed by atoms with Crippen molar-refractivity contribution in [1.29, 1.82) is 0 Å². The van der Waals surface area contributed by atoms with Crippen LogP contribution >= 0.6 is 0 Å². The van der Waals surface area contributed by atoms with Gasteiger partial charge in [0.2, 0.25) is 15.8 Å². The number of nitrogen functional groups attached to an aromatic ring is 1. The second-order valence-electron chi connectivity index (χ2n) is 4.65. The van der Waals surface area contributed by atoms with E-state index in [2.05, 4.69) is 4.98 Å². The Balaban J connectivity index is 2.38. The second kappa shape index (κ2) is 5.71. The molecular weight excluding hydrogens is 284 g/mol. The molecule has 110 valence electrons. The van der Waals surface area contributed by atoms with Gasteiger partial charge < -0.3 is 5.73 Å². The first-order valence-electron chi connectivity index (χ1n) is 6.33. The quantitative estimate of drug-likeness (QED) is 0.660. The molecule has 0 unspecified atom stereocenters. The number of sulfonamides is 1. The van der Waals surface area contributed by atoms with Crippen LogP contribution in [0.4, 0.5) is 11.5 Å². The van der Waals surface area contributed by atoms with Crippen molar-refractivity contribution in [3.05, 3.63) is 22.4 Å². The fraction of sp³-hybridized carbons (Fsp3) is 0.545. The number of anilines is 1. The van der Waals surface area contributed by atoms with Gasteiger partial charge in [-0.05, 0) is 12.8 Å². The van der Waals surface area contributed by atoms with Crippen molar-refractivity contribution in [2.75, 3.05) is 18.8 Å². The Bertz CT molecular complexity index is 609. The van der Waals surface area contributed by atoms with Crippen molar-refractivity contribution in [3.63, 3.8) is 0 Å². The summed E-state index contributed by atoms with van der Waals surface area (Å²) in [6.45, 7) is 0.862. The van der Waals surface area contributed by atoms with E-state index in [0.717, 1.165) is 37.9 Å². The van der Waals surface area contributed by atoms with Crippen LogP contribution in [0, 0.1) is 10.1 Å². The number of nitro groups is 1. The number of rotatable bonds is 3. The van der Waals surface area contributed by atoms with E-state index in [1.807, 2.05) is 0 Å². The fourth-order valence-corrected chi connectivity index (χ4v) is 3.65. The van der Waals surface area contributed by atoms with Gasteiger partial charge in [-0.15, -0.1) is 0 Å². The van der Waals surface area contributed by atoms with Crippen LogP contribution in [0.2, 0.25) is 0 Å². The maximum atomic E-state index is 12.4. The summed E-state index contributed by atoms with van der Waals surface area (Å²) in [5.74, 6) is -0.287. The van der Waals surface area contributed by atoms with Crippen molar-refractivity contribution in [2.45, 2.75) is 30.6 Å². The van der Waals surface area contributed by atoms with Gasteiger partial charge in [-0.1, -0.05) is 12.8 Å². The third-order valence-electron chi connectivity index (χ3n) is 3.27. The van der Waals surface area contributed by atoms with E-state index in [9.17, 15) is 18.5 Å². The van der Waals surface area contributed by atoms with Crippen molar-refractivity contribution < 1.29 is 13.3 Å². The molecule has 0 amide bonds. The summed E-state index contributed by atoms with van der Waals surface area (Å²) >= 11 is 0. The highest BCUT2D eigenvalue weighted by molar-refractivity contribution is 7.89. The largest absolute Gasteiger partial charge is 0.378 e. The van der Waals surface area contributed by atoms with Gasteiger partial charge in [0.25, 0.3) is 0 Å². The average Bonchev–Trinajstić information content (AvgIpc) is 2.67. The van der Waals surface area contributed by atoms with E-state index in [1.165, 1.54) is 4.31 Å². The van der Waals surface area contributed by atoms with Crippen molar-refractivity contribution >= 4 is 21.5 Å². The first-order chi connectivity index (χ1) is 9.43. The molecule has 1 aliphatic rings. The molecule has 1 aromatic rings. The summed E-state index contributed by atoms with van der Waals surface area (Å²) < 4.78 is 26.3. The van der Waals surface area contributed by atoms with Gasteiger partial charge in [-0.3, -0.25) is 10.1 Å². The molecular formula is C11H16N4O4S.